The molecule has 0 aliphatic heterocycles. The number of likely N-dealkylation sites (N-methyl/N-ethyl adjacent to an activating group) is 1. The first kappa shape index (κ1) is 16.2. The van der Waals surface area contributed by atoms with Crippen LogP contribution < -0.4 is 5.32 Å². The van der Waals surface area contributed by atoms with Crippen LogP contribution in [-0.2, 0) is 6.54 Å². The minimum atomic E-state index is 0.610. The summed E-state index contributed by atoms with van der Waals surface area (Å²) in [4.78, 5) is 2.47. The van der Waals surface area contributed by atoms with E-state index in [4.69, 9.17) is 0 Å². The Morgan fingerprint density at radius 2 is 1.84 bits per heavy atom. The Morgan fingerprint density at radius 3 is 2.42 bits per heavy atom. The molecule has 108 valence electrons. The lowest BCUT2D eigenvalue weighted by Crippen LogP contribution is -2.40. The molecule has 0 saturated heterocycles. The molecule has 0 fully saturated rings. The molecule has 2 heteroatoms. The van der Waals surface area contributed by atoms with Gasteiger partial charge in [0.1, 0.15) is 0 Å². The van der Waals surface area contributed by atoms with E-state index in [-0.39, 0.29) is 0 Å². The van der Waals surface area contributed by atoms with E-state index >= 15 is 0 Å². The maximum Gasteiger partial charge on any atom is 0.0236 e. The van der Waals surface area contributed by atoms with Crippen molar-refractivity contribution in [2.75, 3.05) is 20.1 Å². The molecule has 1 atom stereocenters. The third kappa shape index (κ3) is 5.75. The van der Waals surface area contributed by atoms with Crippen molar-refractivity contribution in [2.45, 2.75) is 46.7 Å². The van der Waals surface area contributed by atoms with Gasteiger partial charge in [0.05, 0.1) is 0 Å². The monoisotopic (exact) mass is 262 g/mol. The van der Waals surface area contributed by atoms with Crippen molar-refractivity contribution in [3.05, 3.63) is 35.4 Å². The van der Waals surface area contributed by atoms with Crippen LogP contribution >= 0.6 is 0 Å². The Morgan fingerprint density at radius 1 is 1.16 bits per heavy atom. The van der Waals surface area contributed by atoms with Crippen molar-refractivity contribution in [1.82, 2.24) is 10.2 Å². The summed E-state index contributed by atoms with van der Waals surface area (Å²) < 4.78 is 0. The Balaban J connectivity index is 2.49. The third-order valence-corrected chi connectivity index (χ3v) is 3.71. The average Bonchev–Trinajstić information content (AvgIpc) is 2.37. The van der Waals surface area contributed by atoms with Crippen LogP contribution in [0.5, 0.6) is 0 Å². The molecule has 19 heavy (non-hydrogen) atoms. The van der Waals surface area contributed by atoms with E-state index in [0.717, 1.165) is 25.6 Å². The zero-order chi connectivity index (χ0) is 14.3. The molecule has 0 aromatic heterocycles. The van der Waals surface area contributed by atoms with Crippen LogP contribution in [0.25, 0.3) is 0 Å². The predicted octanol–water partition coefficient (Wildman–Crippen LogP) is 3.45. The van der Waals surface area contributed by atoms with Gasteiger partial charge in [-0.3, -0.25) is 4.90 Å². The van der Waals surface area contributed by atoms with Gasteiger partial charge in [-0.15, -0.1) is 0 Å². The van der Waals surface area contributed by atoms with E-state index in [1.165, 1.54) is 17.5 Å². The maximum absolute atomic E-state index is 3.58. The highest BCUT2D eigenvalue weighted by Gasteiger charge is 2.13. The van der Waals surface area contributed by atoms with Gasteiger partial charge >= 0.3 is 0 Å². The SMILES string of the molecule is CCC(CNCC(C)C)N(C)Cc1ccccc1C. The first-order chi connectivity index (χ1) is 9.04. The number of nitrogens with zero attached hydrogens (tertiary/aromatic N) is 1. The summed E-state index contributed by atoms with van der Waals surface area (Å²) in [5, 5.41) is 3.58. The Bertz CT molecular complexity index is 360. The highest BCUT2D eigenvalue weighted by Crippen LogP contribution is 2.12. The van der Waals surface area contributed by atoms with E-state index in [0.29, 0.717) is 6.04 Å². The fraction of sp³-hybridized carbons (Fsp3) is 0.647. The number of hydrogen-bond acceptors (Lipinski definition) is 2. The molecule has 1 aromatic rings. The largest absolute Gasteiger partial charge is 0.315 e. The molecule has 1 N–H and O–H groups in total. The van der Waals surface area contributed by atoms with Crippen LogP contribution in [0.15, 0.2) is 24.3 Å². The standard InChI is InChI=1S/C17H30N2/c1-6-17(12-18-11-14(2)3)19(5)13-16-10-8-7-9-15(16)4/h7-10,14,17-18H,6,11-13H2,1-5H3. The van der Waals surface area contributed by atoms with Gasteiger partial charge in [0.25, 0.3) is 0 Å². The maximum atomic E-state index is 3.58. The van der Waals surface area contributed by atoms with Crippen molar-refractivity contribution in [3.8, 4) is 0 Å². The van der Waals surface area contributed by atoms with Gasteiger partial charge in [-0.25, -0.2) is 0 Å². The van der Waals surface area contributed by atoms with Crippen LogP contribution in [0.1, 0.15) is 38.3 Å². The van der Waals surface area contributed by atoms with Gasteiger partial charge < -0.3 is 5.32 Å². The molecule has 2 nitrogen and oxygen atoms in total. The van der Waals surface area contributed by atoms with Crippen molar-refractivity contribution < 1.29 is 0 Å². The van der Waals surface area contributed by atoms with Gasteiger partial charge in [0, 0.05) is 19.1 Å². The summed E-state index contributed by atoms with van der Waals surface area (Å²) >= 11 is 0. The fourth-order valence-corrected chi connectivity index (χ4v) is 2.34. The molecular weight excluding hydrogens is 232 g/mol. The molecule has 1 aromatic carbocycles. The van der Waals surface area contributed by atoms with Crippen molar-refractivity contribution in [2.24, 2.45) is 5.92 Å². The van der Waals surface area contributed by atoms with E-state index < -0.39 is 0 Å². The summed E-state index contributed by atoms with van der Waals surface area (Å²) in [7, 11) is 2.23. The fourth-order valence-electron chi connectivity index (χ4n) is 2.34. The minimum absolute atomic E-state index is 0.610. The van der Waals surface area contributed by atoms with Crippen molar-refractivity contribution >= 4 is 0 Å². The highest BCUT2D eigenvalue weighted by molar-refractivity contribution is 5.25. The van der Waals surface area contributed by atoms with Gasteiger partial charge in [-0.1, -0.05) is 45.0 Å². The second-order valence-corrected chi connectivity index (χ2v) is 5.96. The lowest BCUT2D eigenvalue weighted by atomic mass is 10.1. The minimum Gasteiger partial charge on any atom is -0.315 e. The number of benzene rings is 1. The highest BCUT2D eigenvalue weighted by atomic mass is 15.1. The van der Waals surface area contributed by atoms with Crippen LogP contribution in [-0.4, -0.2) is 31.1 Å². The van der Waals surface area contributed by atoms with Crippen molar-refractivity contribution in [1.29, 1.82) is 0 Å². The Labute approximate surface area is 119 Å². The van der Waals surface area contributed by atoms with Gasteiger partial charge in [-0.05, 0) is 44.0 Å². The number of nitrogens with one attached hydrogen (secondary N) is 1. The third-order valence-electron chi connectivity index (χ3n) is 3.71. The number of hydrogen-bond donors (Lipinski definition) is 1. The van der Waals surface area contributed by atoms with Gasteiger partial charge in [0.2, 0.25) is 0 Å². The molecule has 0 heterocycles. The molecule has 0 radical (unpaired) electrons. The molecule has 0 aliphatic rings. The molecule has 1 rings (SSSR count). The Kier molecular flexibility index (Phi) is 7.11. The van der Waals surface area contributed by atoms with Gasteiger partial charge in [0.15, 0.2) is 0 Å². The summed E-state index contributed by atoms with van der Waals surface area (Å²) in [5.74, 6) is 0.721. The van der Waals surface area contributed by atoms with E-state index in [1.54, 1.807) is 0 Å². The summed E-state index contributed by atoms with van der Waals surface area (Å²) in [6.45, 7) is 12.2. The van der Waals surface area contributed by atoms with E-state index in [2.05, 4.69) is 69.2 Å². The van der Waals surface area contributed by atoms with Crippen LogP contribution in [0.2, 0.25) is 0 Å². The van der Waals surface area contributed by atoms with Crippen LogP contribution in [0, 0.1) is 12.8 Å². The summed E-state index contributed by atoms with van der Waals surface area (Å²) in [5.41, 5.74) is 2.83. The summed E-state index contributed by atoms with van der Waals surface area (Å²) in [6, 6.07) is 9.29. The molecule has 0 spiro atoms. The first-order valence-electron chi connectivity index (χ1n) is 7.50. The number of rotatable bonds is 8. The molecular formula is C17H30N2. The molecule has 0 aliphatic carbocycles. The quantitative estimate of drug-likeness (QED) is 0.772. The zero-order valence-electron chi connectivity index (χ0n) is 13.2. The molecule has 0 bridgehead atoms. The lowest BCUT2D eigenvalue weighted by molar-refractivity contribution is 0.219. The van der Waals surface area contributed by atoms with Gasteiger partial charge in [-0.2, -0.15) is 0 Å². The molecule has 1 unspecified atom stereocenters. The molecule has 0 amide bonds. The average molecular weight is 262 g/mol. The van der Waals surface area contributed by atoms with E-state index in [9.17, 15) is 0 Å². The normalized spacial score (nSPS) is 13.2. The smallest absolute Gasteiger partial charge is 0.0236 e. The Hall–Kier alpha value is -0.860. The first-order valence-corrected chi connectivity index (χ1v) is 7.50. The van der Waals surface area contributed by atoms with Crippen LogP contribution in [0.3, 0.4) is 0 Å². The lowest BCUT2D eigenvalue weighted by Gasteiger charge is -2.28. The second kappa shape index (κ2) is 8.34. The van der Waals surface area contributed by atoms with Crippen molar-refractivity contribution in [3.63, 3.8) is 0 Å². The summed E-state index contributed by atoms with van der Waals surface area (Å²) in [6.07, 6.45) is 1.19. The number of aryl methyl sites for hydroxylation is 1. The second-order valence-electron chi connectivity index (χ2n) is 5.96. The zero-order valence-corrected chi connectivity index (χ0v) is 13.2. The molecule has 0 saturated carbocycles. The topological polar surface area (TPSA) is 15.3 Å². The van der Waals surface area contributed by atoms with E-state index in [1.807, 2.05) is 0 Å². The van der Waals surface area contributed by atoms with Crippen LogP contribution in [0.4, 0.5) is 0 Å². The predicted molar refractivity (Wildman–Crippen MR) is 84.4 cm³/mol.